The number of ether oxygens (including phenoxy) is 3. The fourth-order valence-corrected chi connectivity index (χ4v) is 3.54. The molecule has 0 amide bonds. The van der Waals surface area contributed by atoms with Crippen molar-refractivity contribution in [3.63, 3.8) is 0 Å². The summed E-state index contributed by atoms with van der Waals surface area (Å²) < 4.78 is 17.1. The van der Waals surface area contributed by atoms with Crippen molar-refractivity contribution in [1.82, 2.24) is 9.78 Å². The summed E-state index contributed by atoms with van der Waals surface area (Å²) in [5, 5.41) is 4.11. The fraction of sp³-hybridized carbons (Fsp3) is 0.737. The van der Waals surface area contributed by atoms with Crippen LogP contribution in [0.3, 0.4) is 0 Å². The lowest BCUT2D eigenvalue weighted by molar-refractivity contribution is 0.0509. The molecule has 2 aliphatic carbocycles. The van der Waals surface area contributed by atoms with Crippen molar-refractivity contribution in [3.8, 4) is 5.88 Å². The maximum absolute atomic E-state index is 12.2. The molecular formula is C19H28N2O5. The number of rotatable bonds is 6. The molecule has 0 aliphatic heterocycles. The maximum Gasteiger partial charge on any atom is 0.435 e. The van der Waals surface area contributed by atoms with Crippen LogP contribution in [-0.2, 0) is 9.47 Å². The van der Waals surface area contributed by atoms with Crippen molar-refractivity contribution in [2.45, 2.75) is 65.4 Å². The minimum Gasteiger partial charge on any atom is -0.476 e. The lowest BCUT2D eigenvalue weighted by atomic mass is 9.69. The molecule has 3 rings (SSSR count). The molecule has 0 N–H and O–H groups in total. The van der Waals surface area contributed by atoms with E-state index in [2.05, 4.69) is 5.10 Å². The van der Waals surface area contributed by atoms with Crippen LogP contribution in [0.1, 0.15) is 70.2 Å². The van der Waals surface area contributed by atoms with Crippen molar-refractivity contribution in [2.24, 2.45) is 11.3 Å². The Morgan fingerprint density at radius 3 is 2.58 bits per heavy atom. The van der Waals surface area contributed by atoms with Crippen molar-refractivity contribution in [2.75, 3.05) is 13.2 Å². The van der Waals surface area contributed by atoms with Gasteiger partial charge in [-0.3, -0.25) is 0 Å². The van der Waals surface area contributed by atoms with Crippen LogP contribution in [0.5, 0.6) is 5.88 Å². The number of carbonyl (C=O) groups excluding carboxylic acids is 2. The summed E-state index contributed by atoms with van der Waals surface area (Å²) in [6.07, 6.45) is 6.85. The Bertz CT molecular complexity index is 685. The van der Waals surface area contributed by atoms with Crippen molar-refractivity contribution >= 4 is 12.1 Å². The van der Waals surface area contributed by atoms with Crippen LogP contribution < -0.4 is 4.74 Å². The van der Waals surface area contributed by atoms with E-state index in [1.807, 2.05) is 0 Å². The molecule has 26 heavy (non-hydrogen) atoms. The van der Waals surface area contributed by atoms with E-state index in [0.717, 1.165) is 11.1 Å². The molecule has 7 nitrogen and oxygen atoms in total. The summed E-state index contributed by atoms with van der Waals surface area (Å²) in [5.41, 5.74) is 0.0765. The molecule has 0 radical (unpaired) electrons. The van der Waals surface area contributed by atoms with Gasteiger partial charge in [0.25, 0.3) is 0 Å². The minimum absolute atomic E-state index is 0.124. The highest BCUT2D eigenvalue weighted by Crippen LogP contribution is 2.65. The van der Waals surface area contributed by atoms with Crippen LogP contribution in [0.25, 0.3) is 0 Å². The molecule has 1 aromatic rings. The number of esters is 1. The van der Waals surface area contributed by atoms with Crippen LogP contribution in [0.2, 0.25) is 0 Å². The highest BCUT2D eigenvalue weighted by molar-refractivity contribution is 5.92. The summed E-state index contributed by atoms with van der Waals surface area (Å²) in [7, 11) is 0. The zero-order chi connectivity index (χ0) is 18.9. The second-order valence-electron chi connectivity index (χ2n) is 8.23. The Kier molecular flexibility index (Phi) is 4.99. The molecule has 2 saturated carbocycles. The third-order valence-electron chi connectivity index (χ3n) is 5.21. The molecule has 0 aromatic carbocycles. The van der Waals surface area contributed by atoms with E-state index in [9.17, 15) is 9.59 Å². The average Bonchev–Trinajstić information content (AvgIpc) is 3.25. The van der Waals surface area contributed by atoms with E-state index in [-0.39, 0.29) is 18.1 Å². The Morgan fingerprint density at radius 2 is 2.04 bits per heavy atom. The topological polar surface area (TPSA) is 79.7 Å². The third kappa shape index (κ3) is 4.02. The summed E-state index contributed by atoms with van der Waals surface area (Å²) in [5.74, 6) is 0.277. The number of carbonyl (C=O) groups is 2. The highest BCUT2D eigenvalue weighted by Gasteiger charge is 2.54. The van der Waals surface area contributed by atoms with Gasteiger partial charge in [-0.05, 0) is 71.1 Å². The Morgan fingerprint density at radius 1 is 1.31 bits per heavy atom. The van der Waals surface area contributed by atoms with Crippen molar-refractivity contribution in [1.29, 1.82) is 0 Å². The number of aromatic nitrogens is 2. The van der Waals surface area contributed by atoms with Gasteiger partial charge in [0, 0.05) is 0 Å². The van der Waals surface area contributed by atoms with E-state index >= 15 is 0 Å². The third-order valence-corrected chi connectivity index (χ3v) is 5.21. The van der Waals surface area contributed by atoms with Gasteiger partial charge >= 0.3 is 12.1 Å². The zero-order valence-corrected chi connectivity index (χ0v) is 16.0. The number of hydrogen-bond donors (Lipinski definition) is 0. The summed E-state index contributed by atoms with van der Waals surface area (Å²) >= 11 is 0. The molecule has 0 bridgehead atoms. The lowest BCUT2D eigenvalue weighted by Gasteiger charge is -2.37. The van der Waals surface area contributed by atoms with Crippen LogP contribution in [0.15, 0.2) is 6.20 Å². The van der Waals surface area contributed by atoms with Gasteiger partial charge < -0.3 is 14.2 Å². The van der Waals surface area contributed by atoms with E-state index < -0.39 is 17.7 Å². The van der Waals surface area contributed by atoms with Crippen LogP contribution in [0.4, 0.5) is 4.79 Å². The first kappa shape index (κ1) is 18.7. The molecule has 144 valence electrons. The molecule has 0 saturated heterocycles. The van der Waals surface area contributed by atoms with Gasteiger partial charge in [-0.2, -0.15) is 4.68 Å². The molecule has 2 aliphatic rings. The Hall–Kier alpha value is -2.05. The SMILES string of the molecule is CCOC(=O)c1cn(C(=O)OC(C)(C)C)nc1OCCC1CCC12CC2. The first-order valence-corrected chi connectivity index (χ1v) is 9.37. The van der Waals surface area contributed by atoms with Crippen molar-refractivity contribution in [3.05, 3.63) is 11.8 Å². The maximum atomic E-state index is 12.2. The largest absolute Gasteiger partial charge is 0.476 e. The molecule has 1 spiro atoms. The molecule has 1 atom stereocenters. The van der Waals surface area contributed by atoms with Crippen LogP contribution >= 0.6 is 0 Å². The Labute approximate surface area is 154 Å². The van der Waals surface area contributed by atoms with Crippen LogP contribution in [-0.4, -0.2) is 40.7 Å². The van der Waals surface area contributed by atoms with Gasteiger partial charge in [-0.25, -0.2) is 9.59 Å². The smallest absolute Gasteiger partial charge is 0.435 e. The monoisotopic (exact) mass is 364 g/mol. The lowest BCUT2D eigenvalue weighted by Crippen LogP contribution is -2.29. The first-order chi connectivity index (χ1) is 12.2. The molecular weight excluding hydrogens is 336 g/mol. The van der Waals surface area contributed by atoms with E-state index in [0.29, 0.717) is 17.9 Å². The molecule has 7 heteroatoms. The standard InChI is InChI=1S/C19H28N2O5/c1-5-24-16(22)14-12-21(17(23)26-18(2,3)4)20-15(14)25-11-7-13-6-8-19(13)9-10-19/h12-13H,5-11H2,1-4H3. The second kappa shape index (κ2) is 6.93. The van der Waals surface area contributed by atoms with E-state index in [1.165, 1.54) is 31.9 Å². The quantitative estimate of drug-likeness (QED) is 0.714. The Balaban J connectivity index is 1.67. The van der Waals surface area contributed by atoms with Gasteiger partial charge in [-0.1, -0.05) is 0 Å². The molecule has 1 aromatic heterocycles. The molecule has 1 unspecified atom stereocenters. The van der Waals surface area contributed by atoms with E-state index in [4.69, 9.17) is 14.2 Å². The highest BCUT2D eigenvalue weighted by atomic mass is 16.6. The first-order valence-electron chi connectivity index (χ1n) is 9.37. The van der Waals surface area contributed by atoms with Gasteiger partial charge in [0.1, 0.15) is 11.2 Å². The van der Waals surface area contributed by atoms with Gasteiger partial charge in [-0.15, -0.1) is 5.10 Å². The van der Waals surface area contributed by atoms with Gasteiger partial charge in [0.2, 0.25) is 5.88 Å². The molecule has 1 heterocycles. The van der Waals surface area contributed by atoms with Crippen molar-refractivity contribution < 1.29 is 23.8 Å². The van der Waals surface area contributed by atoms with Gasteiger partial charge in [0.05, 0.1) is 19.4 Å². The number of hydrogen-bond acceptors (Lipinski definition) is 6. The summed E-state index contributed by atoms with van der Waals surface area (Å²) in [6, 6.07) is 0. The summed E-state index contributed by atoms with van der Waals surface area (Å²) in [4.78, 5) is 24.4. The molecule has 2 fully saturated rings. The average molecular weight is 364 g/mol. The predicted octanol–water partition coefficient (Wildman–Crippen LogP) is 3.80. The summed E-state index contributed by atoms with van der Waals surface area (Å²) in [6.45, 7) is 7.74. The van der Waals surface area contributed by atoms with Gasteiger partial charge in [0.15, 0.2) is 0 Å². The van der Waals surface area contributed by atoms with Crippen LogP contribution in [0, 0.1) is 11.3 Å². The zero-order valence-electron chi connectivity index (χ0n) is 16.0. The van der Waals surface area contributed by atoms with E-state index in [1.54, 1.807) is 27.7 Å². The predicted molar refractivity (Wildman–Crippen MR) is 94.3 cm³/mol. The minimum atomic E-state index is -0.658. The fourth-order valence-electron chi connectivity index (χ4n) is 3.54. The normalized spacial score (nSPS) is 20.4. The number of nitrogens with zero attached hydrogens (tertiary/aromatic N) is 2. The second-order valence-corrected chi connectivity index (χ2v) is 8.23.